The first-order valence-corrected chi connectivity index (χ1v) is 9.74. The van der Waals surface area contributed by atoms with Gasteiger partial charge in [-0.15, -0.1) is 0 Å². The van der Waals surface area contributed by atoms with Gasteiger partial charge in [0.1, 0.15) is 0 Å². The third-order valence-electron chi connectivity index (χ3n) is 4.88. The predicted octanol–water partition coefficient (Wildman–Crippen LogP) is 1.61. The summed E-state index contributed by atoms with van der Waals surface area (Å²) in [6, 6.07) is 8.62. The number of aliphatic imine (C=N–C) groups is 1. The molecule has 1 saturated carbocycles. The van der Waals surface area contributed by atoms with Crippen molar-refractivity contribution < 1.29 is 9.47 Å². The zero-order chi connectivity index (χ0) is 18.0. The van der Waals surface area contributed by atoms with Crippen molar-refractivity contribution in [3.63, 3.8) is 0 Å². The van der Waals surface area contributed by atoms with Crippen LogP contribution in [0, 0.1) is 5.92 Å². The van der Waals surface area contributed by atoms with Crippen LogP contribution in [0.4, 0.5) is 0 Å². The highest BCUT2D eigenvalue weighted by Gasteiger charge is 2.20. The Balaban J connectivity index is 1.41. The summed E-state index contributed by atoms with van der Waals surface area (Å²) in [5.74, 6) is 1.64. The molecule has 0 unspecified atom stereocenters. The van der Waals surface area contributed by atoms with Gasteiger partial charge >= 0.3 is 0 Å². The van der Waals surface area contributed by atoms with Gasteiger partial charge in [-0.1, -0.05) is 24.3 Å². The van der Waals surface area contributed by atoms with Crippen LogP contribution in [0.5, 0.6) is 0 Å². The van der Waals surface area contributed by atoms with Crippen molar-refractivity contribution in [2.45, 2.75) is 25.9 Å². The normalized spacial score (nSPS) is 18.7. The summed E-state index contributed by atoms with van der Waals surface area (Å²) in [6.45, 7) is 7.83. The van der Waals surface area contributed by atoms with Gasteiger partial charge in [-0.3, -0.25) is 9.89 Å². The van der Waals surface area contributed by atoms with Gasteiger partial charge in [0.15, 0.2) is 5.96 Å². The molecule has 2 aliphatic rings. The summed E-state index contributed by atoms with van der Waals surface area (Å²) in [4.78, 5) is 6.76. The number of hydrogen-bond donors (Lipinski definition) is 2. The van der Waals surface area contributed by atoms with E-state index >= 15 is 0 Å². The molecular formula is C20H32N4O2. The van der Waals surface area contributed by atoms with E-state index in [0.717, 1.165) is 71.0 Å². The van der Waals surface area contributed by atoms with Crippen molar-refractivity contribution in [1.82, 2.24) is 15.5 Å². The van der Waals surface area contributed by atoms with E-state index in [1.54, 1.807) is 7.05 Å². The molecule has 1 aliphatic carbocycles. The summed E-state index contributed by atoms with van der Waals surface area (Å²) >= 11 is 0. The highest BCUT2D eigenvalue weighted by Crippen LogP contribution is 2.28. The second-order valence-electron chi connectivity index (χ2n) is 7.03. The number of hydrogen-bond acceptors (Lipinski definition) is 4. The van der Waals surface area contributed by atoms with E-state index in [9.17, 15) is 0 Å². The largest absolute Gasteiger partial charge is 0.379 e. The molecule has 2 fully saturated rings. The number of nitrogens with one attached hydrogen (secondary N) is 2. The smallest absolute Gasteiger partial charge is 0.191 e. The number of ether oxygens (including phenoxy) is 2. The topological polar surface area (TPSA) is 58.1 Å². The third-order valence-corrected chi connectivity index (χ3v) is 4.88. The molecule has 2 N–H and O–H groups in total. The third kappa shape index (κ3) is 6.59. The molecule has 1 aromatic rings. The van der Waals surface area contributed by atoms with Crippen LogP contribution in [0.3, 0.4) is 0 Å². The maximum atomic E-state index is 5.66. The standard InChI is InChI=1S/C20H32N4O2/c1-21-20(22-8-11-26-16-17-6-7-17)23-14-18-4-2-3-5-19(18)15-24-9-12-25-13-10-24/h2-5,17H,6-16H2,1H3,(H2,21,22,23). The first-order chi connectivity index (χ1) is 12.8. The van der Waals surface area contributed by atoms with E-state index in [2.05, 4.69) is 44.8 Å². The van der Waals surface area contributed by atoms with E-state index in [-0.39, 0.29) is 0 Å². The lowest BCUT2D eigenvalue weighted by molar-refractivity contribution is 0.0341. The second-order valence-corrected chi connectivity index (χ2v) is 7.03. The van der Waals surface area contributed by atoms with E-state index in [1.165, 1.54) is 24.0 Å². The average molecular weight is 361 g/mol. The van der Waals surface area contributed by atoms with Crippen LogP contribution in [0.1, 0.15) is 24.0 Å². The van der Waals surface area contributed by atoms with Crippen LogP contribution in [-0.4, -0.2) is 64.0 Å². The summed E-state index contributed by atoms with van der Waals surface area (Å²) < 4.78 is 11.1. The van der Waals surface area contributed by atoms with E-state index in [0.29, 0.717) is 0 Å². The minimum Gasteiger partial charge on any atom is -0.379 e. The van der Waals surface area contributed by atoms with Gasteiger partial charge in [0, 0.05) is 46.4 Å². The molecule has 144 valence electrons. The molecule has 1 aromatic carbocycles. The van der Waals surface area contributed by atoms with Crippen molar-refractivity contribution in [3.05, 3.63) is 35.4 Å². The molecule has 3 rings (SSSR count). The molecule has 1 saturated heterocycles. The van der Waals surface area contributed by atoms with Crippen LogP contribution in [0.2, 0.25) is 0 Å². The number of guanidine groups is 1. The van der Waals surface area contributed by atoms with Crippen LogP contribution in [0.15, 0.2) is 29.3 Å². The lowest BCUT2D eigenvalue weighted by atomic mass is 10.1. The highest BCUT2D eigenvalue weighted by atomic mass is 16.5. The summed E-state index contributed by atoms with van der Waals surface area (Å²) in [5.41, 5.74) is 2.68. The van der Waals surface area contributed by atoms with Gasteiger partial charge in [-0.25, -0.2) is 0 Å². The number of rotatable bonds is 9. The van der Waals surface area contributed by atoms with Gasteiger partial charge in [-0.05, 0) is 29.9 Å². The zero-order valence-electron chi connectivity index (χ0n) is 15.9. The minimum absolute atomic E-state index is 0.727. The summed E-state index contributed by atoms with van der Waals surface area (Å²) in [5, 5.41) is 6.74. The monoisotopic (exact) mass is 360 g/mol. The Kier molecular flexibility index (Phi) is 7.73. The highest BCUT2D eigenvalue weighted by molar-refractivity contribution is 5.79. The molecule has 0 spiro atoms. The molecule has 1 aliphatic heterocycles. The van der Waals surface area contributed by atoms with Crippen molar-refractivity contribution in [2.24, 2.45) is 10.9 Å². The fourth-order valence-electron chi connectivity index (χ4n) is 3.06. The maximum Gasteiger partial charge on any atom is 0.191 e. The molecule has 0 atom stereocenters. The SMILES string of the molecule is CN=C(NCCOCC1CC1)NCc1ccccc1CN1CCOCC1. The van der Waals surface area contributed by atoms with Crippen LogP contribution < -0.4 is 10.6 Å². The molecule has 0 aromatic heterocycles. The molecule has 0 bridgehead atoms. The molecule has 6 nitrogen and oxygen atoms in total. The molecule has 1 heterocycles. The fraction of sp³-hybridized carbons (Fsp3) is 0.650. The van der Waals surface area contributed by atoms with E-state index < -0.39 is 0 Å². The van der Waals surface area contributed by atoms with Gasteiger partial charge < -0.3 is 20.1 Å². The molecule has 6 heteroatoms. The van der Waals surface area contributed by atoms with Crippen molar-refractivity contribution in [1.29, 1.82) is 0 Å². The number of benzene rings is 1. The Hall–Kier alpha value is -1.63. The summed E-state index contributed by atoms with van der Waals surface area (Å²) in [6.07, 6.45) is 2.67. The van der Waals surface area contributed by atoms with Crippen molar-refractivity contribution in [3.8, 4) is 0 Å². The van der Waals surface area contributed by atoms with Crippen molar-refractivity contribution >= 4 is 5.96 Å². The van der Waals surface area contributed by atoms with Crippen molar-refractivity contribution in [2.75, 3.05) is 53.1 Å². The Labute approximate surface area is 157 Å². The lowest BCUT2D eigenvalue weighted by Gasteiger charge is -2.27. The van der Waals surface area contributed by atoms with Crippen LogP contribution in [0.25, 0.3) is 0 Å². The predicted molar refractivity (Wildman–Crippen MR) is 104 cm³/mol. The van der Waals surface area contributed by atoms with Gasteiger partial charge in [-0.2, -0.15) is 0 Å². The fourth-order valence-corrected chi connectivity index (χ4v) is 3.06. The lowest BCUT2D eigenvalue weighted by Crippen LogP contribution is -2.39. The minimum atomic E-state index is 0.727. The van der Waals surface area contributed by atoms with Crippen LogP contribution in [-0.2, 0) is 22.6 Å². The van der Waals surface area contributed by atoms with Gasteiger partial charge in [0.2, 0.25) is 0 Å². The Bertz CT molecular complexity index is 569. The molecule has 0 radical (unpaired) electrons. The quantitative estimate of drug-likeness (QED) is 0.398. The average Bonchev–Trinajstić information content (AvgIpc) is 3.50. The van der Waals surface area contributed by atoms with E-state index in [4.69, 9.17) is 9.47 Å². The first kappa shape index (κ1) is 19.1. The molecule has 26 heavy (non-hydrogen) atoms. The second kappa shape index (κ2) is 10.5. The van der Waals surface area contributed by atoms with Gasteiger partial charge in [0.25, 0.3) is 0 Å². The summed E-state index contributed by atoms with van der Waals surface area (Å²) in [7, 11) is 1.81. The Morgan fingerprint density at radius 1 is 1.19 bits per heavy atom. The zero-order valence-corrected chi connectivity index (χ0v) is 15.9. The molecular weight excluding hydrogens is 328 g/mol. The molecule has 0 amide bonds. The number of nitrogens with zero attached hydrogens (tertiary/aromatic N) is 2. The van der Waals surface area contributed by atoms with Crippen LogP contribution >= 0.6 is 0 Å². The Morgan fingerprint density at radius 3 is 2.69 bits per heavy atom. The maximum absolute atomic E-state index is 5.66. The number of morpholine rings is 1. The van der Waals surface area contributed by atoms with E-state index in [1.807, 2.05) is 0 Å². The Morgan fingerprint density at radius 2 is 1.96 bits per heavy atom. The first-order valence-electron chi connectivity index (χ1n) is 9.74. The van der Waals surface area contributed by atoms with Gasteiger partial charge in [0.05, 0.1) is 19.8 Å².